The number of hydrogen-bond acceptors (Lipinski definition) is 4. The van der Waals surface area contributed by atoms with E-state index in [0.717, 1.165) is 5.56 Å². The number of amides is 1. The normalized spacial score (nSPS) is 10.9. The molecule has 0 heterocycles. The zero-order chi connectivity index (χ0) is 15.3. The summed E-state index contributed by atoms with van der Waals surface area (Å²) in [4.78, 5) is 11.9. The molecule has 0 fully saturated rings. The minimum Gasteiger partial charge on any atom is -0.496 e. The van der Waals surface area contributed by atoms with Crippen molar-refractivity contribution in [2.24, 2.45) is 5.41 Å². The first-order valence-corrected chi connectivity index (χ1v) is 6.40. The summed E-state index contributed by atoms with van der Waals surface area (Å²) in [5.74, 6) is 1.83. The predicted molar refractivity (Wildman–Crippen MR) is 77.4 cm³/mol. The van der Waals surface area contributed by atoms with Gasteiger partial charge in [0, 0.05) is 23.6 Å². The quantitative estimate of drug-likeness (QED) is 0.900. The second-order valence-corrected chi connectivity index (χ2v) is 5.45. The topological polar surface area (TPSA) is 56.8 Å². The van der Waals surface area contributed by atoms with E-state index < -0.39 is 5.41 Å². The van der Waals surface area contributed by atoms with E-state index in [4.69, 9.17) is 14.2 Å². The summed E-state index contributed by atoms with van der Waals surface area (Å²) < 4.78 is 15.8. The SMILES string of the molecule is COc1cc(OC)c(OC)cc1CNC(=O)C(C)(C)C. The third-order valence-electron chi connectivity index (χ3n) is 2.91. The Morgan fingerprint density at radius 3 is 1.95 bits per heavy atom. The molecule has 0 unspecified atom stereocenters. The van der Waals surface area contributed by atoms with Gasteiger partial charge in [0.05, 0.1) is 21.3 Å². The van der Waals surface area contributed by atoms with Crippen LogP contribution in [0.15, 0.2) is 12.1 Å². The molecule has 1 amide bonds. The Morgan fingerprint density at radius 2 is 1.50 bits per heavy atom. The smallest absolute Gasteiger partial charge is 0.225 e. The molecule has 0 spiro atoms. The summed E-state index contributed by atoms with van der Waals surface area (Å²) in [6, 6.07) is 3.55. The second kappa shape index (κ2) is 6.50. The highest BCUT2D eigenvalue weighted by molar-refractivity contribution is 5.81. The molecule has 0 saturated heterocycles. The van der Waals surface area contributed by atoms with Gasteiger partial charge in [0.1, 0.15) is 5.75 Å². The van der Waals surface area contributed by atoms with Crippen LogP contribution in [0.2, 0.25) is 0 Å². The number of nitrogens with one attached hydrogen (secondary N) is 1. The van der Waals surface area contributed by atoms with Crippen LogP contribution in [0.25, 0.3) is 0 Å². The van der Waals surface area contributed by atoms with Crippen molar-refractivity contribution in [2.75, 3.05) is 21.3 Å². The van der Waals surface area contributed by atoms with Gasteiger partial charge in [-0.25, -0.2) is 0 Å². The molecule has 1 aromatic rings. The summed E-state index contributed by atoms with van der Waals surface area (Å²) in [5, 5.41) is 2.89. The Morgan fingerprint density at radius 1 is 1.00 bits per heavy atom. The maximum absolute atomic E-state index is 11.9. The monoisotopic (exact) mass is 281 g/mol. The first-order valence-electron chi connectivity index (χ1n) is 6.40. The molecule has 5 nitrogen and oxygen atoms in total. The first-order chi connectivity index (χ1) is 9.33. The molecule has 20 heavy (non-hydrogen) atoms. The van der Waals surface area contributed by atoms with E-state index in [1.165, 1.54) is 0 Å². The van der Waals surface area contributed by atoms with Gasteiger partial charge in [0.2, 0.25) is 5.91 Å². The number of carbonyl (C=O) groups excluding carboxylic acids is 1. The maximum Gasteiger partial charge on any atom is 0.225 e. The molecule has 0 aliphatic rings. The fourth-order valence-corrected chi connectivity index (χ4v) is 1.67. The minimum atomic E-state index is -0.427. The molecule has 0 radical (unpaired) electrons. The summed E-state index contributed by atoms with van der Waals surface area (Å²) in [6.07, 6.45) is 0. The zero-order valence-corrected chi connectivity index (χ0v) is 13.0. The van der Waals surface area contributed by atoms with Crippen molar-refractivity contribution in [1.29, 1.82) is 0 Å². The zero-order valence-electron chi connectivity index (χ0n) is 13.0. The van der Waals surface area contributed by atoms with Crippen LogP contribution in [0, 0.1) is 5.41 Å². The average molecular weight is 281 g/mol. The van der Waals surface area contributed by atoms with Crippen LogP contribution >= 0.6 is 0 Å². The summed E-state index contributed by atoms with van der Waals surface area (Å²) in [6.45, 7) is 5.98. The number of hydrogen-bond donors (Lipinski definition) is 1. The molecule has 112 valence electrons. The Kier molecular flexibility index (Phi) is 5.25. The highest BCUT2D eigenvalue weighted by Gasteiger charge is 2.21. The number of benzene rings is 1. The first kappa shape index (κ1) is 16.1. The van der Waals surface area contributed by atoms with Gasteiger partial charge >= 0.3 is 0 Å². The van der Waals surface area contributed by atoms with E-state index in [2.05, 4.69) is 5.32 Å². The van der Waals surface area contributed by atoms with Crippen molar-refractivity contribution in [3.63, 3.8) is 0 Å². The Bertz CT molecular complexity index is 477. The van der Waals surface area contributed by atoms with E-state index in [0.29, 0.717) is 23.8 Å². The molecule has 0 bridgehead atoms. The fraction of sp³-hybridized carbons (Fsp3) is 0.533. The van der Waals surface area contributed by atoms with Crippen LogP contribution in [-0.2, 0) is 11.3 Å². The standard InChI is InChI=1S/C15H23NO4/c1-15(2,3)14(17)16-9-10-7-12(19-5)13(20-6)8-11(10)18-4/h7-8H,9H2,1-6H3,(H,16,17). The highest BCUT2D eigenvalue weighted by Crippen LogP contribution is 2.34. The van der Waals surface area contributed by atoms with Gasteiger partial charge in [-0.2, -0.15) is 0 Å². The summed E-state index contributed by atoms with van der Waals surface area (Å²) in [5.41, 5.74) is 0.409. The lowest BCUT2D eigenvalue weighted by Gasteiger charge is -2.19. The summed E-state index contributed by atoms with van der Waals surface area (Å²) in [7, 11) is 4.72. The third kappa shape index (κ3) is 3.79. The molecule has 0 saturated carbocycles. The van der Waals surface area contributed by atoms with E-state index in [-0.39, 0.29) is 5.91 Å². The lowest BCUT2D eigenvalue weighted by atomic mass is 9.95. The molecule has 0 aromatic heterocycles. The van der Waals surface area contributed by atoms with E-state index >= 15 is 0 Å². The molecule has 1 aromatic carbocycles. The molecular weight excluding hydrogens is 258 g/mol. The fourth-order valence-electron chi connectivity index (χ4n) is 1.67. The third-order valence-corrected chi connectivity index (χ3v) is 2.91. The molecular formula is C15H23NO4. The predicted octanol–water partition coefficient (Wildman–Crippen LogP) is 2.37. The van der Waals surface area contributed by atoms with Gasteiger partial charge in [-0.3, -0.25) is 4.79 Å². The van der Waals surface area contributed by atoms with Crippen molar-refractivity contribution in [2.45, 2.75) is 27.3 Å². The number of rotatable bonds is 5. The number of methoxy groups -OCH3 is 3. The van der Waals surface area contributed by atoms with Gasteiger partial charge in [-0.15, -0.1) is 0 Å². The Hall–Kier alpha value is -1.91. The van der Waals surface area contributed by atoms with Crippen LogP contribution < -0.4 is 19.5 Å². The van der Waals surface area contributed by atoms with Gasteiger partial charge in [-0.05, 0) is 6.07 Å². The van der Waals surface area contributed by atoms with E-state index in [1.54, 1.807) is 33.5 Å². The van der Waals surface area contributed by atoms with Crippen LogP contribution in [-0.4, -0.2) is 27.2 Å². The molecule has 5 heteroatoms. The van der Waals surface area contributed by atoms with Crippen molar-refractivity contribution in [3.05, 3.63) is 17.7 Å². The molecule has 0 aliphatic carbocycles. The van der Waals surface area contributed by atoms with Gasteiger partial charge < -0.3 is 19.5 Å². The van der Waals surface area contributed by atoms with Crippen LogP contribution in [0.4, 0.5) is 0 Å². The lowest BCUT2D eigenvalue weighted by molar-refractivity contribution is -0.128. The van der Waals surface area contributed by atoms with E-state index in [9.17, 15) is 4.79 Å². The average Bonchev–Trinajstić information content (AvgIpc) is 2.42. The van der Waals surface area contributed by atoms with Crippen molar-refractivity contribution in [3.8, 4) is 17.2 Å². The molecule has 0 atom stereocenters. The largest absolute Gasteiger partial charge is 0.496 e. The second-order valence-electron chi connectivity index (χ2n) is 5.45. The van der Waals surface area contributed by atoms with Crippen LogP contribution in [0.3, 0.4) is 0 Å². The van der Waals surface area contributed by atoms with Gasteiger partial charge in [0.15, 0.2) is 11.5 Å². The Balaban J connectivity index is 2.97. The van der Waals surface area contributed by atoms with Gasteiger partial charge in [-0.1, -0.05) is 20.8 Å². The minimum absolute atomic E-state index is 0.0191. The van der Waals surface area contributed by atoms with Crippen molar-refractivity contribution < 1.29 is 19.0 Å². The Labute approximate surface area is 120 Å². The number of ether oxygens (including phenoxy) is 3. The van der Waals surface area contributed by atoms with Crippen LogP contribution in [0.5, 0.6) is 17.2 Å². The van der Waals surface area contributed by atoms with E-state index in [1.807, 2.05) is 20.8 Å². The van der Waals surface area contributed by atoms with Crippen molar-refractivity contribution >= 4 is 5.91 Å². The van der Waals surface area contributed by atoms with Gasteiger partial charge in [0.25, 0.3) is 0 Å². The molecule has 1 rings (SSSR count). The molecule has 1 N–H and O–H groups in total. The highest BCUT2D eigenvalue weighted by atomic mass is 16.5. The summed E-state index contributed by atoms with van der Waals surface area (Å²) >= 11 is 0. The lowest BCUT2D eigenvalue weighted by Crippen LogP contribution is -2.34. The van der Waals surface area contributed by atoms with Crippen LogP contribution in [0.1, 0.15) is 26.3 Å². The van der Waals surface area contributed by atoms with Crippen molar-refractivity contribution in [1.82, 2.24) is 5.32 Å². The molecule has 0 aliphatic heterocycles. The number of carbonyl (C=O) groups is 1. The maximum atomic E-state index is 11.9.